The molecule has 3 heterocycles. The predicted octanol–water partition coefficient (Wildman–Crippen LogP) is 0.800. The van der Waals surface area contributed by atoms with Crippen LogP contribution in [0.2, 0.25) is 0 Å². The third-order valence-electron chi connectivity index (χ3n) is 4.07. The van der Waals surface area contributed by atoms with E-state index in [-0.39, 0.29) is 18.2 Å². The van der Waals surface area contributed by atoms with Crippen molar-refractivity contribution in [1.82, 2.24) is 14.6 Å². The lowest BCUT2D eigenvalue weighted by Crippen LogP contribution is -2.44. The zero-order chi connectivity index (χ0) is 17.3. The average Bonchev–Trinajstić information content (AvgIpc) is 2.57. The van der Waals surface area contributed by atoms with Gasteiger partial charge in [-0.2, -0.15) is 0 Å². The van der Waals surface area contributed by atoms with E-state index >= 15 is 0 Å². The van der Waals surface area contributed by atoms with E-state index in [1.165, 1.54) is 10.9 Å². The summed E-state index contributed by atoms with van der Waals surface area (Å²) in [5, 5.41) is 9.04. The minimum Gasteiger partial charge on any atom is -0.449 e. The van der Waals surface area contributed by atoms with Crippen molar-refractivity contribution < 1.29 is 14.6 Å². The van der Waals surface area contributed by atoms with Gasteiger partial charge in [-0.25, -0.2) is 14.5 Å². The molecule has 25 heavy (non-hydrogen) atoms. The van der Waals surface area contributed by atoms with Gasteiger partial charge in [0.05, 0.1) is 11.6 Å². The number of nitrogens with one attached hydrogen (secondary N) is 1. The molecule has 9 nitrogen and oxygen atoms in total. The molecule has 2 aromatic rings. The highest BCUT2D eigenvalue weighted by Crippen LogP contribution is 2.19. The molecule has 1 fully saturated rings. The Bertz CT molecular complexity index is 833. The molecule has 0 amide bonds. The largest absolute Gasteiger partial charge is 0.511 e. The fourth-order valence-electron chi connectivity index (χ4n) is 2.72. The van der Waals surface area contributed by atoms with Crippen LogP contribution >= 0.6 is 12.4 Å². The summed E-state index contributed by atoms with van der Waals surface area (Å²) in [6.45, 7) is 3.62. The lowest BCUT2D eigenvalue weighted by molar-refractivity contribution is 0.144. The van der Waals surface area contributed by atoms with Gasteiger partial charge in [-0.15, -0.1) is 12.4 Å². The Morgan fingerprint density at radius 2 is 1.96 bits per heavy atom. The van der Waals surface area contributed by atoms with Crippen molar-refractivity contribution >= 4 is 35.4 Å². The topological polar surface area (TPSA) is 99.9 Å². The Labute approximate surface area is 150 Å². The van der Waals surface area contributed by atoms with Crippen molar-refractivity contribution in [1.29, 1.82) is 0 Å². The van der Waals surface area contributed by atoms with E-state index in [0.29, 0.717) is 11.0 Å². The van der Waals surface area contributed by atoms with Gasteiger partial charge in [0.15, 0.2) is 5.65 Å². The number of hydrogen-bond acceptors (Lipinski definition) is 7. The van der Waals surface area contributed by atoms with Gasteiger partial charge in [0, 0.05) is 33.2 Å². The second-order valence-electron chi connectivity index (χ2n) is 5.61. The summed E-state index contributed by atoms with van der Waals surface area (Å²) in [7, 11) is 3.73. The molecular weight excluding hydrogens is 350 g/mol. The van der Waals surface area contributed by atoms with Gasteiger partial charge >= 0.3 is 6.16 Å². The number of fused-ring (bicyclic) bond motifs is 1. The Balaban J connectivity index is 0.00000225. The van der Waals surface area contributed by atoms with Crippen LogP contribution in [0.5, 0.6) is 5.75 Å². The van der Waals surface area contributed by atoms with Crippen LogP contribution in [-0.4, -0.2) is 66.1 Å². The lowest BCUT2D eigenvalue weighted by atomic mass is 10.2. The van der Waals surface area contributed by atoms with E-state index < -0.39 is 11.6 Å². The fraction of sp³-hybridized carbons (Fsp3) is 0.400. The van der Waals surface area contributed by atoms with E-state index in [1.54, 1.807) is 19.2 Å². The number of piperazine rings is 1. The van der Waals surface area contributed by atoms with Crippen LogP contribution in [0.4, 0.5) is 10.6 Å². The minimum atomic E-state index is -1.53. The number of pyridine rings is 2. The van der Waals surface area contributed by atoms with Crippen molar-refractivity contribution in [3.8, 4) is 5.75 Å². The number of ether oxygens (including phenoxy) is 1. The summed E-state index contributed by atoms with van der Waals surface area (Å²) >= 11 is 0. The molecule has 0 radical (unpaired) electrons. The summed E-state index contributed by atoms with van der Waals surface area (Å²) in [5.74, 6) is 0.518. The Morgan fingerprint density at radius 1 is 1.28 bits per heavy atom. The summed E-state index contributed by atoms with van der Waals surface area (Å²) < 4.78 is 6.03. The second kappa shape index (κ2) is 7.58. The third kappa shape index (κ3) is 3.77. The molecule has 10 heteroatoms. The van der Waals surface area contributed by atoms with Crippen LogP contribution in [0.1, 0.15) is 0 Å². The van der Waals surface area contributed by atoms with Crippen molar-refractivity contribution in [3.63, 3.8) is 0 Å². The summed E-state index contributed by atoms with van der Waals surface area (Å²) in [5.41, 5.74) is 2.79. The van der Waals surface area contributed by atoms with E-state index in [4.69, 9.17) is 5.11 Å². The Hall–Kier alpha value is -2.52. The van der Waals surface area contributed by atoms with E-state index in [1.807, 2.05) is 0 Å². The first-order valence-corrected chi connectivity index (χ1v) is 7.58. The first kappa shape index (κ1) is 18.8. The van der Waals surface area contributed by atoms with Crippen molar-refractivity contribution in [2.24, 2.45) is 0 Å². The smallest absolute Gasteiger partial charge is 0.449 e. The maximum atomic E-state index is 12.4. The Morgan fingerprint density at radius 3 is 2.56 bits per heavy atom. The SMILES string of the molecule is CNn1cc(OC(=O)O)c(=O)c2ccc(N3CCN(C)CC3)nc21.Cl. The number of carboxylic acid groups (broad SMARTS) is 1. The molecule has 136 valence electrons. The molecule has 2 aromatic heterocycles. The molecule has 3 rings (SSSR count). The number of anilines is 1. The van der Waals surface area contributed by atoms with Crippen LogP contribution in [0.3, 0.4) is 0 Å². The maximum Gasteiger partial charge on any atom is 0.511 e. The van der Waals surface area contributed by atoms with Gasteiger partial charge in [0.2, 0.25) is 11.2 Å². The predicted molar refractivity (Wildman–Crippen MR) is 96.9 cm³/mol. The number of nitrogens with zero attached hydrogens (tertiary/aromatic N) is 4. The number of carbonyl (C=O) groups is 1. The molecule has 1 aliphatic rings. The third-order valence-corrected chi connectivity index (χ3v) is 4.07. The van der Waals surface area contributed by atoms with Crippen LogP contribution < -0.4 is 20.5 Å². The van der Waals surface area contributed by atoms with E-state index in [2.05, 4.69) is 32.0 Å². The maximum absolute atomic E-state index is 12.4. The molecule has 0 bridgehead atoms. The average molecular weight is 370 g/mol. The van der Waals surface area contributed by atoms with Gasteiger partial charge in [-0.05, 0) is 19.2 Å². The van der Waals surface area contributed by atoms with E-state index in [0.717, 1.165) is 32.0 Å². The second-order valence-corrected chi connectivity index (χ2v) is 5.61. The molecule has 0 unspecified atom stereocenters. The normalized spacial score (nSPS) is 14.9. The molecule has 0 atom stereocenters. The van der Waals surface area contributed by atoms with Gasteiger partial charge in [-0.3, -0.25) is 4.79 Å². The van der Waals surface area contributed by atoms with Crippen LogP contribution in [0, 0.1) is 0 Å². The molecule has 1 aliphatic heterocycles. The van der Waals surface area contributed by atoms with Crippen molar-refractivity contribution in [3.05, 3.63) is 28.6 Å². The first-order chi connectivity index (χ1) is 11.5. The zero-order valence-corrected chi connectivity index (χ0v) is 14.7. The summed E-state index contributed by atoms with van der Waals surface area (Å²) in [6.07, 6.45) is -0.240. The molecular formula is C15H20ClN5O4. The number of hydrogen-bond donors (Lipinski definition) is 2. The van der Waals surface area contributed by atoms with Gasteiger partial charge in [-0.1, -0.05) is 0 Å². The van der Waals surface area contributed by atoms with Crippen LogP contribution in [-0.2, 0) is 0 Å². The van der Waals surface area contributed by atoms with E-state index in [9.17, 15) is 9.59 Å². The highest BCUT2D eigenvalue weighted by molar-refractivity contribution is 5.85. The van der Waals surface area contributed by atoms with Gasteiger partial charge < -0.3 is 25.1 Å². The number of halogens is 1. The summed E-state index contributed by atoms with van der Waals surface area (Å²) in [6, 6.07) is 3.43. The molecule has 0 aromatic carbocycles. The molecule has 1 saturated heterocycles. The highest BCUT2D eigenvalue weighted by atomic mass is 35.5. The quantitative estimate of drug-likeness (QED) is 0.766. The number of rotatable bonds is 3. The van der Waals surface area contributed by atoms with Crippen molar-refractivity contribution in [2.45, 2.75) is 0 Å². The van der Waals surface area contributed by atoms with Crippen molar-refractivity contribution in [2.75, 3.05) is 50.6 Å². The molecule has 0 saturated carbocycles. The fourth-order valence-corrected chi connectivity index (χ4v) is 2.72. The van der Waals surface area contributed by atoms with Gasteiger partial charge in [0.25, 0.3) is 0 Å². The molecule has 0 aliphatic carbocycles. The van der Waals surface area contributed by atoms with Gasteiger partial charge in [0.1, 0.15) is 5.82 Å². The summed E-state index contributed by atoms with van der Waals surface area (Å²) in [4.78, 5) is 32.1. The first-order valence-electron chi connectivity index (χ1n) is 7.58. The Kier molecular flexibility index (Phi) is 5.70. The lowest BCUT2D eigenvalue weighted by Gasteiger charge is -2.33. The standard InChI is InChI=1S/C15H19N5O4.ClH/c1-16-20-9-11(24-15(22)23)13(21)10-3-4-12(17-14(10)20)19-7-5-18(2)6-8-19;/h3-4,9,16H,5-8H2,1-2H3,(H,22,23);1H. The zero-order valence-electron chi connectivity index (χ0n) is 13.9. The van der Waals surface area contributed by atoms with Crippen LogP contribution in [0.15, 0.2) is 23.1 Å². The highest BCUT2D eigenvalue weighted by Gasteiger charge is 2.18. The number of aromatic nitrogens is 2. The number of likely N-dealkylation sites (N-methyl/N-ethyl adjacent to an activating group) is 1. The molecule has 2 N–H and O–H groups in total. The monoisotopic (exact) mass is 369 g/mol. The van der Waals surface area contributed by atoms with Crippen LogP contribution in [0.25, 0.3) is 11.0 Å². The minimum absolute atomic E-state index is 0. The molecule has 0 spiro atoms.